The van der Waals surface area contributed by atoms with Crippen molar-refractivity contribution in [3.05, 3.63) is 57.1 Å². The molecule has 0 spiro atoms. The summed E-state index contributed by atoms with van der Waals surface area (Å²) in [5.41, 5.74) is 2.34. The third-order valence-corrected chi connectivity index (χ3v) is 8.29. The first kappa shape index (κ1) is 27.3. The van der Waals surface area contributed by atoms with Crippen molar-refractivity contribution in [2.75, 3.05) is 19.6 Å². The van der Waals surface area contributed by atoms with Crippen molar-refractivity contribution in [2.45, 2.75) is 84.3 Å². The molecule has 2 aliphatic rings. The van der Waals surface area contributed by atoms with E-state index in [1.807, 2.05) is 27.7 Å². The fraction of sp³-hybridized carbons (Fsp3) is 0.586. The zero-order valence-electron chi connectivity index (χ0n) is 23.1. The third-order valence-electron chi connectivity index (χ3n) is 8.29. The Labute approximate surface area is 226 Å². The molecule has 210 valence electrons. The van der Waals surface area contributed by atoms with Crippen molar-refractivity contribution in [3.8, 4) is 0 Å². The Morgan fingerprint density at radius 3 is 2.67 bits per heavy atom. The molecule has 9 nitrogen and oxygen atoms in total. The van der Waals surface area contributed by atoms with Crippen molar-refractivity contribution in [2.24, 2.45) is 5.41 Å². The molecule has 0 amide bonds. The summed E-state index contributed by atoms with van der Waals surface area (Å²) in [6, 6.07) is 4.56. The molecule has 0 aliphatic carbocycles. The average Bonchev–Trinajstić information content (AvgIpc) is 3.29. The van der Waals surface area contributed by atoms with E-state index in [4.69, 9.17) is 14.2 Å². The molecular weight excluding hydrogens is 503 g/mol. The van der Waals surface area contributed by atoms with Gasteiger partial charge >= 0.3 is 6.16 Å². The molecule has 2 atom stereocenters. The minimum atomic E-state index is -1.31. The fourth-order valence-electron chi connectivity index (χ4n) is 6.29. The zero-order valence-corrected chi connectivity index (χ0v) is 23.1. The second kappa shape index (κ2) is 10.7. The Bertz CT molecular complexity index is 1420. The van der Waals surface area contributed by atoms with E-state index < -0.39 is 17.7 Å². The highest BCUT2D eigenvalue weighted by atomic mass is 19.1. The van der Waals surface area contributed by atoms with Gasteiger partial charge in [0.05, 0.1) is 11.6 Å². The number of ether oxygens (including phenoxy) is 1. The molecular formula is C29H37FN4O5. The molecule has 5 rings (SSSR count). The van der Waals surface area contributed by atoms with Crippen LogP contribution in [-0.2, 0) is 17.7 Å². The smallest absolute Gasteiger partial charge is 0.450 e. The molecule has 1 saturated heterocycles. The number of piperidine rings is 1. The normalized spacial score (nSPS) is 19.7. The number of carboxylic acid groups (broad SMARTS) is 1. The highest BCUT2D eigenvalue weighted by Crippen LogP contribution is 2.39. The number of rotatable bonds is 6. The Morgan fingerprint density at radius 1 is 1.23 bits per heavy atom. The number of aromatic nitrogens is 3. The molecule has 4 heterocycles. The molecule has 10 heteroatoms. The molecule has 0 radical (unpaired) electrons. The summed E-state index contributed by atoms with van der Waals surface area (Å²) in [7, 11) is 0. The van der Waals surface area contributed by atoms with Crippen LogP contribution in [-0.4, -0.2) is 56.6 Å². The molecule has 2 aliphatic heterocycles. The summed E-state index contributed by atoms with van der Waals surface area (Å²) < 4.78 is 26.0. The van der Waals surface area contributed by atoms with E-state index in [2.05, 4.69) is 10.1 Å². The molecule has 3 aromatic rings. The highest BCUT2D eigenvalue weighted by molar-refractivity contribution is 5.79. The summed E-state index contributed by atoms with van der Waals surface area (Å²) in [5.74, 6) is 0.292. The van der Waals surface area contributed by atoms with Gasteiger partial charge in [-0.15, -0.1) is 0 Å². The summed E-state index contributed by atoms with van der Waals surface area (Å²) in [4.78, 5) is 32.3. The van der Waals surface area contributed by atoms with Crippen molar-refractivity contribution in [3.63, 3.8) is 0 Å². The average molecular weight is 541 g/mol. The maximum Gasteiger partial charge on any atom is 0.506 e. The predicted molar refractivity (Wildman–Crippen MR) is 144 cm³/mol. The number of likely N-dealkylation sites (tertiary alicyclic amines) is 1. The van der Waals surface area contributed by atoms with Gasteiger partial charge in [0.25, 0.3) is 5.56 Å². The van der Waals surface area contributed by atoms with Gasteiger partial charge in [-0.2, -0.15) is 0 Å². The zero-order chi connectivity index (χ0) is 27.9. The number of carbonyl (C=O) groups is 1. The van der Waals surface area contributed by atoms with E-state index in [1.54, 1.807) is 10.6 Å². The van der Waals surface area contributed by atoms with Crippen molar-refractivity contribution >= 4 is 17.1 Å². The van der Waals surface area contributed by atoms with Gasteiger partial charge in [-0.1, -0.05) is 25.9 Å². The Morgan fingerprint density at radius 2 is 1.97 bits per heavy atom. The maximum absolute atomic E-state index is 13.6. The number of hydrogen-bond donors (Lipinski definition) is 1. The molecule has 0 bridgehead atoms. The van der Waals surface area contributed by atoms with Crippen LogP contribution in [0.15, 0.2) is 27.5 Å². The Kier molecular flexibility index (Phi) is 7.50. The molecule has 1 aromatic carbocycles. The standard InChI is InChI=1S/C29H37FN4O5/c1-17-20(27(35)34-12-5-6-22(26(34)31-17)25(29(2,3)4)38-28(36)37)11-15-33-13-9-18(10-14-33)24-21-8-7-19(30)16-23(21)39-32-24/h7-8,16,18,22,25H,5-6,9-15H2,1-4H3,(H,36,37). The van der Waals surface area contributed by atoms with Gasteiger partial charge in [-0.05, 0) is 69.7 Å². The Balaban J connectivity index is 1.27. The van der Waals surface area contributed by atoms with Crippen LogP contribution in [0.3, 0.4) is 0 Å². The van der Waals surface area contributed by atoms with Crippen LogP contribution in [0.25, 0.3) is 11.0 Å². The summed E-state index contributed by atoms with van der Waals surface area (Å²) >= 11 is 0. The van der Waals surface area contributed by atoms with Crippen molar-refractivity contribution in [1.82, 2.24) is 19.6 Å². The minimum absolute atomic E-state index is 0.0265. The van der Waals surface area contributed by atoms with E-state index in [0.29, 0.717) is 30.1 Å². The summed E-state index contributed by atoms with van der Waals surface area (Å²) in [6.45, 7) is 10.8. The quantitative estimate of drug-likeness (QED) is 0.423. The second-order valence-electron chi connectivity index (χ2n) is 12.0. The van der Waals surface area contributed by atoms with E-state index in [9.17, 15) is 19.1 Å². The van der Waals surface area contributed by atoms with Crippen LogP contribution in [0.1, 0.15) is 81.1 Å². The topological polar surface area (TPSA) is 111 Å². The monoisotopic (exact) mass is 540 g/mol. The summed E-state index contributed by atoms with van der Waals surface area (Å²) in [5, 5.41) is 14.5. The van der Waals surface area contributed by atoms with Crippen LogP contribution in [0.2, 0.25) is 0 Å². The van der Waals surface area contributed by atoms with Crippen molar-refractivity contribution in [1.29, 1.82) is 0 Å². The van der Waals surface area contributed by atoms with Gasteiger partial charge in [-0.3, -0.25) is 9.36 Å². The van der Waals surface area contributed by atoms with Gasteiger partial charge in [-0.25, -0.2) is 14.2 Å². The largest absolute Gasteiger partial charge is 0.506 e. The van der Waals surface area contributed by atoms with Gasteiger partial charge in [0.15, 0.2) is 5.58 Å². The van der Waals surface area contributed by atoms with E-state index in [1.165, 1.54) is 12.1 Å². The van der Waals surface area contributed by atoms with Gasteiger partial charge in [0, 0.05) is 41.7 Å². The van der Waals surface area contributed by atoms with Gasteiger partial charge in [0.2, 0.25) is 0 Å². The molecule has 2 aromatic heterocycles. The van der Waals surface area contributed by atoms with Crippen molar-refractivity contribution < 1.29 is 23.6 Å². The van der Waals surface area contributed by atoms with E-state index in [0.717, 1.165) is 62.0 Å². The predicted octanol–water partition coefficient (Wildman–Crippen LogP) is 5.24. The van der Waals surface area contributed by atoms with Gasteiger partial charge < -0.3 is 19.3 Å². The van der Waals surface area contributed by atoms with Crippen LogP contribution in [0.4, 0.5) is 9.18 Å². The lowest BCUT2D eigenvalue weighted by molar-refractivity contribution is -0.0203. The first-order valence-corrected chi connectivity index (χ1v) is 13.8. The highest BCUT2D eigenvalue weighted by Gasteiger charge is 2.40. The number of hydrogen-bond acceptors (Lipinski definition) is 7. The molecule has 2 unspecified atom stereocenters. The van der Waals surface area contributed by atoms with Crippen LogP contribution in [0, 0.1) is 18.2 Å². The number of aryl methyl sites for hydroxylation is 1. The van der Waals surface area contributed by atoms with E-state index in [-0.39, 0.29) is 23.2 Å². The van der Waals surface area contributed by atoms with Crippen LogP contribution in [0.5, 0.6) is 0 Å². The minimum Gasteiger partial charge on any atom is -0.450 e. The van der Waals surface area contributed by atoms with E-state index >= 15 is 0 Å². The molecule has 1 fully saturated rings. The third kappa shape index (κ3) is 5.57. The number of halogens is 1. The fourth-order valence-corrected chi connectivity index (χ4v) is 6.29. The lowest BCUT2D eigenvalue weighted by Crippen LogP contribution is -2.43. The molecule has 39 heavy (non-hydrogen) atoms. The molecule has 1 N–H and O–H groups in total. The SMILES string of the molecule is Cc1nc2n(c(=O)c1CCN1CCC(c3noc4cc(F)ccc34)CC1)CCCC2C(OC(=O)O)C(C)(C)C. The Hall–Kier alpha value is -3.27. The number of benzene rings is 1. The van der Waals surface area contributed by atoms with Gasteiger partial charge in [0.1, 0.15) is 17.7 Å². The first-order valence-electron chi connectivity index (χ1n) is 13.8. The molecule has 0 saturated carbocycles. The number of nitrogens with zero attached hydrogens (tertiary/aromatic N) is 4. The number of fused-ring (bicyclic) bond motifs is 2. The first-order chi connectivity index (χ1) is 18.5. The van der Waals surface area contributed by atoms with Crippen LogP contribution >= 0.6 is 0 Å². The summed E-state index contributed by atoms with van der Waals surface area (Å²) in [6.07, 6.45) is 2.03. The maximum atomic E-state index is 13.6. The van der Waals surface area contributed by atoms with Crippen LogP contribution < -0.4 is 5.56 Å². The second-order valence-corrected chi connectivity index (χ2v) is 12.0. The lowest BCUT2D eigenvalue weighted by Gasteiger charge is -2.38. The lowest BCUT2D eigenvalue weighted by atomic mass is 9.77.